The van der Waals surface area contributed by atoms with Gasteiger partial charge in [0.2, 0.25) is 0 Å². The summed E-state index contributed by atoms with van der Waals surface area (Å²) in [6.07, 6.45) is 3.06. The molecule has 0 atom stereocenters. The van der Waals surface area contributed by atoms with Crippen LogP contribution >= 0.6 is 0 Å². The van der Waals surface area contributed by atoms with Gasteiger partial charge in [-0.3, -0.25) is 9.59 Å². The van der Waals surface area contributed by atoms with Crippen molar-refractivity contribution in [2.75, 3.05) is 13.7 Å². The molecule has 1 aliphatic rings. The SMILES string of the molecule is COc1cccc(C(=O)NCC2(C(=O)O)CCCC2)c1. The van der Waals surface area contributed by atoms with Gasteiger partial charge < -0.3 is 15.2 Å². The minimum atomic E-state index is -0.819. The first-order valence-electron chi connectivity index (χ1n) is 6.73. The number of hydrogen-bond acceptors (Lipinski definition) is 3. The maximum absolute atomic E-state index is 12.1. The highest BCUT2D eigenvalue weighted by Crippen LogP contribution is 2.37. The van der Waals surface area contributed by atoms with Crippen LogP contribution < -0.4 is 10.1 Å². The Balaban J connectivity index is 2.02. The molecule has 0 aliphatic heterocycles. The van der Waals surface area contributed by atoms with E-state index in [0.29, 0.717) is 24.2 Å². The van der Waals surface area contributed by atoms with E-state index >= 15 is 0 Å². The lowest BCUT2D eigenvalue weighted by atomic mass is 9.86. The Labute approximate surface area is 117 Å². The van der Waals surface area contributed by atoms with Crippen LogP contribution in [0.25, 0.3) is 0 Å². The fourth-order valence-electron chi connectivity index (χ4n) is 2.63. The van der Waals surface area contributed by atoms with Gasteiger partial charge in [-0.1, -0.05) is 18.9 Å². The Bertz CT molecular complexity index is 506. The summed E-state index contributed by atoms with van der Waals surface area (Å²) in [6, 6.07) is 6.81. The highest BCUT2D eigenvalue weighted by atomic mass is 16.5. The van der Waals surface area contributed by atoms with Gasteiger partial charge in [-0.15, -0.1) is 0 Å². The van der Waals surface area contributed by atoms with Crippen LogP contribution in [0, 0.1) is 5.41 Å². The minimum Gasteiger partial charge on any atom is -0.497 e. The second-order valence-corrected chi connectivity index (χ2v) is 5.21. The van der Waals surface area contributed by atoms with Crippen LogP contribution in [0.5, 0.6) is 5.75 Å². The van der Waals surface area contributed by atoms with Crippen LogP contribution in [-0.4, -0.2) is 30.6 Å². The molecule has 1 amide bonds. The number of benzene rings is 1. The van der Waals surface area contributed by atoms with Crippen molar-refractivity contribution in [1.82, 2.24) is 5.32 Å². The smallest absolute Gasteiger partial charge is 0.311 e. The number of aliphatic carboxylic acids is 1. The zero-order valence-electron chi connectivity index (χ0n) is 11.5. The highest BCUT2D eigenvalue weighted by Gasteiger charge is 2.41. The van der Waals surface area contributed by atoms with E-state index in [2.05, 4.69) is 5.32 Å². The van der Waals surface area contributed by atoms with Crippen molar-refractivity contribution in [3.05, 3.63) is 29.8 Å². The molecule has 0 unspecified atom stereocenters. The maximum Gasteiger partial charge on any atom is 0.311 e. The molecule has 1 saturated carbocycles. The number of carboxylic acid groups (broad SMARTS) is 1. The lowest BCUT2D eigenvalue weighted by Crippen LogP contribution is -2.41. The second-order valence-electron chi connectivity index (χ2n) is 5.21. The monoisotopic (exact) mass is 277 g/mol. The van der Waals surface area contributed by atoms with Crippen molar-refractivity contribution in [1.29, 1.82) is 0 Å². The Hall–Kier alpha value is -2.04. The van der Waals surface area contributed by atoms with Crippen LogP contribution in [0.1, 0.15) is 36.0 Å². The maximum atomic E-state index is 12.1. The van der Waals surface area contributed by atoms with Gasteiger partial charge in [-0.2, -0.15) is 0 Å². The standard InChI is InChI=1S/C15H19NO4/c1-20-12-6-4-5-11(9-12)13(17)16-10-15(14(18)19)7-2-3-8-15/h4-6,9H,2-3,7-8,10H2,1H3,(H,16,17)(H,18,19). The number of methoxy groups -OCH3 is 1. The molecule has 2 N–H and O–H groups in total. The summed E-state index contributed by atoms with van der Waals surface area (Å²) in [5.74, 6) is -0.483. The Morgan fingerprint density at radius 2 is 2.05 bits per heavy atom. The molecule has 108 valence electrons. The number of carboxylic acids is 1. The summed E-state index contributed by atoms with van der Waals surface area (Å²) in [5.41, 5.74) is -0.322. The van der Waals surface area contributed by atoms with E-state index in [9.17, 15) is 14.7 Å². The molecule has 5 nitrogen and oxygen atoms in total. The van der Waals surface area contributed by atoms with E-state index in [1.54, 1.807) is 24.3 Å². The first-order valence-corrected chi connectivity index (χ1v) is 6.73. The van der Waals surface area contributed by atoms with Gasteiger partial charge in [-0.05, 0) is 31.0 Å². The van der Waals surface area contributed by atoms with Crippen LogP contribution in [0.2, 0.25) is 0 Å². The normalized spacial score (nSPS) is 16.6. The van der Waals surface area contributed by atoms with Crippen molar-refractivity contribution in [3.63, 3.8) is 0 Å². The molecule has 0 bridgehead atoms. The van der Waals surface area contributed by atoms with E-state index < -0.39 is 11.4 Å². The number of nitrogens with one attached hydrogen (secondary N) is 1. The third-order valence-corrected chi connectivity index (χ3v) is 3.93. The molecule has 1 aromatic carbocycles. The molecule has 0 saturated heterocycles. The van der Waals surface area contributed by atoms with E-state index in [0.717, 1.165) is 12.8 Å². The lowest BCUT2D eigenvalue weighted by molar-refractivity contribution is -0.148. The first kappa shape index (κ1) is 14.4. The number of ether oxygens (including phenoxy) is 1. The number of rotatable bonds is 5. The quantitative estimate of drug-likeness (QED) is 0.864. The molecule has 0 spiro atoms. The molecule has 2 rings (SSSR count). The van der Waals surface area contributed by atoms with Crippen molar-refractivity contribution in [3.8, 4) is 5.75 Å². The van der Waals surface area contributed by atoms with Crippen molar-refractivity contribution >= 4 is 11.9 Å². The number of hydrogen-bond donors (Lipinski definition) is 2. The Morgan fingerprint density at radius 3 is 2.65 bits per heavy atom. The predicted octanol–water partition coefficient (Wildman–Crippen LogP) is 2.07. The summed E-state index contributed by atoms with van der Waals surface area (Å²) >= 11 is 0. The number of amides is 1. The van der Waals surface area contributed by atoms with Gasteiger partial charge in [0.25, 0.3) is 5.91 Å². The zero-order valence-corrected chi connectivity index (χ0v) is 11.5. The van der Waals surface area contributed by atoms with E-state index in [-0.39, 0.29) is 12.5 Å². The average molecular weight is 277 g/mol. The highest BCUT2D eigenvalue weighted by molar-refractivity contribution is 5.94. The molecule has 0 aromatic heterocycles. The largest absolute Gasteiger partial charge is 0.497 e. The van der Waals surface area contributed by atoms with Gasteiger partial charge in [0.15, 0.2) is 0 Å². The van der Waals surface area contributed by atoms with Gasteiger partial charge in [0.1, 0.15) is 5.75 Å². The van der Waals surface area contributed by atoms with Crippen LogP contribution in [0.3, 0.4) is 0 Å². The van der Waals surface area contributed by atoms with E-state index in [1.807, 2.05) is 0 Å². The third kappa shape index (κ3) is 2.92. The fraction of sp³-hybridized carbons (Fsp3) is 0.467. The summed E-state index contributed by atoms with van der Waals surface area (Å²) in [7, 11) is 1.54. The average Bonchev–Trinajstić information content (AvgIpc) is 2.95. The van der Waals surface area contributed by atoms with Gasteiger partial charge in [-0.25, -0.2) is 0 Å². The summed E-state index contributed by atoms with van der Waals surface area (Å²) in [5, 5.41) is 12.1. The lowest BCUT2D eigenvalue weighted by Gasteiger charge is -2.24. The van der Waals surface area contributed by atoms with Crippen LogP contribution in [-0.2, 0) is 4.79 Å². The molecule has 5 heteroatoms. The third-order valence-electron chi connectivity index (χ3n) is 3.93. The molecule has 0 heterocycles. The Morgan fingerprint density at radius 1 is 1.35 bits per heavy atom. The van der Waals surface area contributed by atoms with Gasteiger partial charge >= 0.3 is 5.97 Å². The summed E-state index contributed by atoms with van der Waals surface area (Å²) in [6.45, 7) is 0.179. The molecule has 0 radical (unpaired) electrons. The predicted molar refractivity (Wildman–Crippen MR) is 73.9 cm³/mol. The van der Waals surface area contributed by atoms with Gasteiger partial charge in [0.05, 0.1) is 12.5 Å². The molecule has 1 aliphatic carbocycles. The first-order chi connectivity index (χ1) is 9.57. The Kier molecular flexibility index (Phi) is 4.27. The zero-order chi connectivity index (χ0) is 14.6. The van der Waals surface area contributed by atoms with Crippen LogP contribution in [0.4, 0.5) is 0 Å². The summed E-state index contributed by atoms with van der Waals surface area (Å²) < 4.78 is 5.07. The fourth-order valence-corrected chi connectivity index (χ4v) is 2.63. The van der Waals surface area contributed by atoms with Crippen molar-refractivity contribution < 1.29 is 19.4 Å². The van der Waals surface area contributed by atoms with Crippen molar-refractivity contribution in [2.24, 2.45) is 5.41 Å². The number of carbonyl (C=O) groups excluding carboxylic acids is 1. The molecule has 1 fully saturated rings. The topological polar surface area (TPSA) is 75.6 Å². The van der Waals surface area contributed by atoms with E-state index in [4.69, 9.17) is 4.74 Å². The van der Waals surface area contributed by atoms with Gasteiger partial charge in [0, 0.05) is 12.1 Å². The molecular formula is C15H19NO4. The summed E-state index contributed by atoms with van der Waals surface area (Å²) in [4.78, 5) is 23.5. The molecule has 1 aromatic rings. The van der Waals surface area contributed by atoms with E-state index in [1.165, 1.54) is 7.11 Å². The minimum absolute atomic E-state index is 0.179. The second kappa shape index (κ2) is 5.94. The van der Waals surface area contributed by atoms with Crippen LogP contribution in [0.15, 0.2) is 24.3 Å². The van der Waals surface area contributed by atoms with Crippen molar-refractivity contribution in [2.45, 2.75) is 25.7 Å². The number of carbonyl (C=O) groups is 2. The molecular weight excluding hydrogens is 258 g/mol. The molecule has 20 heavy (non-hydrogen) atoms.